The lowest BCUT2D eigenvalue weighted by Gasteiger charge is -2.36. The second-order valence-electron chi connectivity index (χ2n) is 6.24. The summed E-state index contributed by atoms with van der Waals surface area (Å²) in [6.07, 6.45) is 0. The maximum atomic E-state index is 12.6. The van der Waals surface area contributed by atoms with Crippen molar-refractivity contribution in [2.45, 2.75) is 25.4 Å². The number of ether oxygens (including phenoxy) is 4. The lowest BCUT2D eigenvalue weighted by molar-refractivity contribution is -0.331. The molecule has 0 bridgehead atoms. The summed E-state index contributed by atoms with van der Waals surface area (Å²) in [5.74, 6) is -13.8. The van der Waals surface area contributed by atoms with E-state index in [2.05, 4.69) is 9.47 Å². The number of hydrogen-bond donors (Lipinski definition) is 2. The van der Waals surface area contributed by atoms with Crippen molar-refractivity contribution in [2.24, 2.45) is 0 Å². The molecule has 10 heteroatoms. The van der Waals surface area contributed by atoms with Gasteiger partial charge in [0.05, 0.1) is 24.3 Å². The molecule has 170 valence electrons. The largest absolute Gasteiger partial charge is 0.461 e. The summed E-state index contributed by atoms with van der Waals surface area (Å²) < 4.78 is 19.0. The fourth-order valence-corrected chi connectivity index (χ4v) is 2.49. The fraction of sp³-hybridized carbons (Fsp3) is 0.273. The highest BCUT2D eigenvalue weighted by atomic mass is 16.8. The summed E-state index contributed by atoms with van der Waals surface area (Å²) in [6.45, 7) is 2.04. The summed E-state index contributed by atoms with van der Waals surface area (Å²) in [6, 6.07) is 14.2. The highest BCUT2D eigenvalue weighted by Gasteiger charge is 2.70. The molecule has 0 saturated carbocycles. The van der Waals surface area contributed by atoms with Crippen molar-refractivity contribution in [1.29, 1.82) is 0 Å². The van der Waals surface area contributed by atoms with E-state index in [0.29, 0.717) is 0 Å². The fourth-order valence-electron chi connectivity index (χ4n) is 2.49. The van der Waals surface area contributed by atoms with E-state index in [9.17, 15) is 29.4 Å². The second-order valence-corrected chi connectivity index (χ2v) is 6.24. The number of hydrogen-bond acceptors (Lipinski definition) is 10. The van der Waals surface area contributed by atoms with E-state index >= 15 is 0 Å². The molecule has 0 spiro atoms. The second kappa shape index (κ2) is 10.5. The molecule has 2 rings (SSSR count). The minimum Gasteiger partial charge on any atom is -0.461 e. The first-order valence-corrected chi connectivity index (χ1v) is 9.55. The maximum Gasteiger partial charge on any atom is 0.389 e. The van der Waals surface area contributed by atoms with Gasteiger partial charge in [0, 0.05) is 0 Å². The van der Waals surface area contributed by atoms with Gasteiger partial charge in [-0.1, -0.05) is 36.4 Å². The predicted molar refractivity (Wildman–Crippen MR) is 107 cm³/mol. The number of carbonyl (C=O) groups is 4. The molecule has 2 N–H and O–H groups in total. The van der Waals surface area contributed by atoms with E-state index in [-0.39, 0.29) is 24.3 Å². The van der Waals surface area contributed by atoms with E-state index in [1.165, 1.54) is 62.4 Å². The lowest BCUT2D eigenvalue weighted by Crippen LogP contribution is -2.68. The van der Waals surface area contributed by atoms with Gasteiger partial charge < -0.3 is 29.2 Å². The molecule has 10 nitrogen and oxygen atoms in total. The van der Waals surface area contributed by atoms with E-state index < -0.39 is 35.5 Å². The number of benzene rings is 2. The van der Waals surface area contributed by atoms with Crippen LogP contribution in [0.3, 0.4) is 0 Å². The van der Waals surface area contributed by atoms with Crippen LogP contribution in [0.4, 0.5) is 0 Å². The van der Waals surface area contributed by atoms with Gasteiger partial charge in [-0.05, 0) is 38.1 Å². The van der Waals surface area contributed by atoms with Crippen molar-refractivity contribution in [1.82, 2.24) is 0 Å². The van der Waals surface area contributed by atoms with Gasteiger partial charge in [-0.25, -0.2) is 19.2 Å². The summed E-state index contributed by atoms with van der Waals surface area (Å²) in [5.41, 5.74) is -0.286. The number of rotatable bonds is 9. The van der Waals surface area contributed by atoms with E-state index in [1.807, 2.05) is 0 Å². The normalized spacial score (nSPS) is 14.2. The van der Waals surface area contributed by atoms with Crippen molar-refractivity contribution in [3.05, 3.63) is 71.8 Å². The maximum absolute atomic E-state index is 12.6. The average molecular weight is 446 g/mol. The Labute approximate surface area is 183 Å². The van der Waals surface area contributed by atoms with Gasteiger partial charge >= 0.3 is 35.5 Å². The van der Waals surface area contributed by atoms with Gasteiger partial charge in [0.2, 0.25) is 0 Å². The summed E-state index contributed by atoms with van der Waals surface area (Å²) in [7, 11) is 0. The van der Waals surface area contributed by atoms with Crippen LogP contribution >= 0.6 is 0 Å². The van der Waals surface area contributed by atoms with Gasteiger partial charge in [-0.2, -0.15) is 0 Å². The molecule has 0 aliphatic carbocycles. The quantitative estimate of drug-likeness (QED) is 0.327. The Morgan fingerprint density at radius 1 is 0.656 bits per heavy atom. The molecule has 2 aromatic rings. The molecule has 0 heterocycles. The molecule has 2 atom stereocenters. The van der Waals surface area contributed by atoms with Crippen LogP contribution in [0, 0.1) is 0 Å². The Morgan fingerprint density at radius 2 is 0.969 bits per heavy atom. The van der Waals surface area contributed by atoms with Crippen molar-refractivity contribution in [3.63, 3.8) is 0 Å². The Kier molecular flexibility index (Phi) is 8.05. The molecule has 2 unspecified atom stereocenters. The van der Waals surface area contributed by atoms with Gasteiger partial charge in [-0.3, -0.25) is 0 Å². The molecule has 0 amide bonds. The Hall–Kier alpha value is -3.76. The molecule has 0 saturated heterocycles. The van der Waals surface area contributed by atoms with Gasteiger partial charge in [0.15, 0.2) is 0 Å². The third-order valence-corrected chi connectivity index (χ3v) is 4.06. The first-order valence-electron chi connectivity index (χ1n) is 9.55. The van der Waals surface area contributed by atoms with Gasteiger partial charge in [-0.15, -0.1) is 0 Å². The van der Waals surface area contributed by atoms with Gasteiger partial charge in [0.1, 0.15) is 0 Å². The molecular formula is C22H22O10. The zero-order valence-electron chi connectivity index (χ0n) is 17.3. The minimum absolute atomic E-state index is 0.143. The zero-order chi connectivity index (χ0) is 23.8. The van der Waals surface area contributed by atoms with Crippen LogP contribution in [0.5, 0.6) is 0 Å². The van der Waals surface area contributed by atoms with Crippen LogP contribution in [-0.2, 0) is 28.5 Å². The Morgan fingerprint density at radius 3 is 1.25 bits per heavy atom. The molecular weight excluding hydrogens is 424 g/mol. The van der Waals surface area contributed by atoms with Crippen LogP contribution in [0.1, 0.15) is 34.6 Å². The number of aliphatic hydroxyl groups is 2. The van der Waals surface area contributed by atoms with Crippen LogP contribution in [0.15, 0.2) is 60.7 Å². The van der Waals surface area contributed by atoms with Crippen LogP contribution in [0.25, 0.3) is 0 Å². The van der Waals surface area contributed by atoms with Crippen molar-refractivity contribution in [3.8, 4) is 0 Å². The molecule has 0 aromatic heterocycles. The van der Waals surface area contributed by atoms with Crippen molar-refractivity contribution in [2.75, 3.05) is 13.2 Å². The van der Waals surface area contributed by atoms with E-state index in [1.54, 1.807) is 12.1 Å². The molecule has 0 fully saturated rings. The number of esters is 4. The minimum atomic E-state index is -3.80. The first kappa shape index (κ1) is 24.5. The molecule has 0 aliphatic heterocycles. The Bertz CT molecular complexity index is 880. The topological polar surface area (TPSA) is 146 Å². The summed E-state index contributed by atoms with van der Waals surface area (Å²) in [4.78, 5) is 50.3. The van der Waals surface area contributed by atoms with Crippen molar-refractivity contribution < 1.29 is 48.3 Å². The lowest BCUT2D eigenvalue weighted by atomic mass is 10.0. The Balaban J connectivity index is 2.55. The monoisotopic (exact) mass is 446 g/mol. The smallest absolute Gasteiger partial charge is 0.389 e. The van der Waals surface area contributed by atoms with Gasteiger partial charge in [0.25, 0.3) is 0 Å². The standard InChI is InChI=1S/C22H22O10/c1-3-29-19(25)21(27,31-17(23)15-11-7-5-8-12-15)22(28,20(26)30-4-2)32-18(24)16-13-9-6-10-14-16/h5-14,27-28H,3-4H2,1-2H3. The molecule has 0 radical (unpaired) electrons. The highest BCUT2D eigenvalue weighted by molar-refractivity contribution is 5.98. The average Bonchev–Trinajstić information content (AvgIpc) is 2.80. The number of carbonyl (C=O) groups excluding carboxylic acids is 4. The highest BCUT2D eigenvalue weighted by Crippen LogP contribution is 2.31. The first-order chi connectivity index (χ1) is 15.2. The SMILES string of the molecule is CCOC(=O)C(O)(OC(=O)c1ccccc1)C(O)(OC(=O)c1ccccc1)C(=O)OCC. The van der Waals surface area contributed by atoms with Crippen molar-refractivity contribution >= 4 is 23.9 Å². The summed E-state index contributed by atoms with van der Waals surface area (Å²) >= 11 is 0. The predicted octanol–water partition coefficient (Wildman–Crippen LogP) is 1.20. The van der Waals surface area contributed by atoms with E-state index in [4.69, 9.17) is 9.47 Å². The molecule has 2 aromatic carbocycles. The van der Waals surface area contributed by atoms with Crippen LogP contribution < -0.4 is 0 Å². The molecule has 0 aliphatic rings. The van der Waals surface area contributed by atoms with Crippen LogP contribution in [0.2, 0.25) is 0 Å². The zero-order valence-corrected chi connectivity index (χ0v) is 17.3. The third-order valence-electron chi connectivity index (χ3n) is 4.06. The van der Waals surface area contributed by atoms with E-state index in [0.717, 1.165) is 0 Å². The third kappa shape index (κ3) is 5.10. The summed E-state index contributed by atoms with van der Waals surface area (Å²) in [5, 5.41) is 22.0. The van der Waals surface area contributed by atoms with Crippen LogP contribution in [-0.4, -0.2) is 58.9 Å². The molecule has 32 heavy (non-hydrogen) atoms.